The quantitative estimate of drug-likeness (QED) is 0.0222. The highest BCUT2D eigenvalue weighted by Crippen LogP contribution is 2.45. The molecule has 0 rings (SSSR count). The number of phosphoric acid groups is 2. The third kappa shape index (κ3) is 47.5. The van der Waals surface area contributed by atoms with E-state index in [0.29, 0.717) is 25.7 Å². The maximum absolute atomic E-state index is 12.8. The number of aliphatic hydroxyl groups is 1. The first kappa shape index (κ1) is 69.1. The minimum absolute atomic E-state index is 0.0985. The van der Waals surface area contributed by atoms with E-state index in [9.17, 15) is 43.2 Å². The Morgan fingerprint density at radius 2 is 0.648 bits per heavy atom. The first-order valence-electron chi connectivity index (χ1n) is 27.6. The number of unbranched alkanes of at least 4 members (excludes halogenated alkanes) is 24. The lowest BCUT2D eigenvalue weighted by molar-refractivity contribution is -0.161. The Morgan fingerprint density at radius 3 is 0.958 bits per heavy atom. The van der Waals surface area contributed by atoms with E-state index >= 15 is 0 Å². The van der Waals surface area contributed by atoms with Gasteiger partial charge in [-0.2, -0.15) is 0 Å². The molecule has 0 radical (unpaired) electrons. The fraction of sp³-hybridized carbons (Fsp3) is 0.923. The van der Waals surface area contributed by atoms with Crippen molar-refractivity contribution in [3.63, 3.8) is 0 Å². The molecule has 3 N–H and O–H groups in total. The van der Waals surface area contributed by atoms with Crippen LogP contribution in [0.2, 0.25) is 0 Å². The van der Waals surface area contributed by atoms with Crippen molar-refractivity contribution in [3.05, 3.63) is 0 Å². The van der Waals surface area contributed by atoms with Crippen LogP contribution >= 0.6 is 15.6 Å². The molecule has 0 aliphatic carbocycles. The van der Waals surface area contributed by atoms with Crippen LogP contribution in [0.5, 0.6) is 0 Å². The van der Waals surface area contributed by atoms with Crippen LogP contribution < -0.4 is 0 Å². The van der Waals surface area contributed by atoms with Gasteiger partial charge in [-0.3, -0.25) is 37.3 Å². The summed E-state index contributed by atoms with van der Waals surface area (Å²) in [6, 6.07) is 0. The Labute approximate surface area is 428 Å². The van der Waals surface area contributed by atoms with Crippen LogP contribution in [0.1, 0.15) is 247 Å². The van der Waals surface area contributed by atoms with Gasteiger partial charge in [0.25, 0.3) is 0 Å². The van der Waals surface area contributed by atoms with E-state index in [-0.39, 0.29) is 25.7 Å². The highest BCUT2D eigenvalue weighted by molar-refractivity contribution is 7.47. The van der Waals surface area contributed by atoms with Crippen LogP contribution in [0.15, 0.2) is 0 Å². The third-order valence-electron chi connectivity index (χ3n) is 11.8. The minimum Gasteiger partial charge on any atom is -0.462 e. The van der Waals surface area contributed by atoms with Crippen LogP contribution in [-0.4, -0.2) is 96.7 Å². The topological polar surface area (TPSA) is 237 Å². The average molecular weight is 1060 g/mol. The number of phosphoric ester groups is 2. The lowest BCUT2D eigenvalue weighted by atomic mass is 10.0. The summed E-state index contributed by atoms with van der Waals surface area (Å²) in [4.78, 5) is 71.1. The van der Waals surface area contributed by atoms with Gasteiger partial charge in [-0.15, -0.1) is 0 Å². The van der Waals surface area contributed by atoms with Crippen LogP contribution in [-0.2, 0) is 65.4 Å². The van der Waals surface area contributed by atoms with Crippen LogP contribution in [0.25, 0.3) is 0 Å². The van der Waals surface area contributed by atoms with Crippen molar-refractivity contribution in [2.75, 3.05) is 39.6 Å². The number of hydrogen-bond donors (Lipinski definition) is 3. The number of esters is 4. The second-order valence-corrected chi connectivity index (χ2v) is 22.3. The van der Waals surface area contributed by atoms with Crippen molar-refractivity contribution in [2.24, 2.45) is 5.92 Å². The predicted molar refractivity (Wildman–Crippen MR) is 275 cm³/mol. The van der Waals surface area contributed by atoms with E-state index in [2.05, 4.69) is 34.6 Å². The summed E-state index contributed by atoms with van der Waals surface area (Å²) in [7, 11) is -9.84. The number of hydrogen-bond acceptors (Lipinski definition) is 15. The molecule has 0 aromatic carbocycles. The van der Waals surface area contributed by atoms with E-state index < -0.39 is 97.5 Å². The molecule has 0 saturated heterocycles. The SMILES string of the molecule is CCCCCCCCCCCCC(=O)OC[C@H](COP(=O)(O)OC[C@@H](O)COP(=O)(O)OC[C@@H](COC(=O)CCCCCCC)OC(=O)CCCCCCC)OC(=O)CCCCCCCCCCC(C)C. The van der Waals surface area contributed by atoms with Gasteiger partial charge in [0, 0.05) is 25.7 Å². The lowest BCUT2D eigenvalue weighted by Gasteiger charge is -2.21. The van der Waals surface area contributed by atoms with Crippen LogP contribution in [0, 0.1) is 5.92 Å². The number of rotatable bonds is 52. The number of ether oxygens (including phenoxy) is 4. The molecule has 0 bridgehead atoms. The van der Waals surface area contributed by atoms with E-state index in [1.807, 2.05) is 0 Å². The van der Waals surface area contributed by atoms with Gasteiger partial charge in [0.1, 0.15) is 19.3 Å². The molecule has 420 valence electrons. The second kappa shape index (κ2) is 46.6. The molecule has 71 heavy (non-hydrogen) atoms. The van der Waals surface area contributed by atoms with Gasteiger partial charge in [-0.05, 0) is 31.6 Å². The monoisotopic (exact) mass is 1060 g/mol. The molecular formula is C52H100O17P2. The highest BCUT2D eigenvalue weighted by Gasteiger charge is 2.30. The standard InChI is InChI=1S/C52H100O17P2/c1-6-9-12-15-16-17-18-22-27-31-36-50(55)63-42-48(69-52(57)38-33-28-23-20-19-21-26-29-34-45(4)5)44-67-71(60,61)65-40-46(53)39-64-70(58,59)66-43-47(68-51(56)37-32-25-14-11-8-3)41-62-49(54)35-30-24-13-10-7-2/h45-48,53H,6-44H2,1-5H3,(H,58,59)(H,60,61)/t46-,47+,48+/m0/s1. The maximum atomic E-state index is 12.8. The smallest absolute Gasteiger partial charge is 0.462 e. The first-order chi connectivity index (χ1) is 34.0. The van der Waals surface area contributed by atoms with Crippen LogP contribution in [0.4, 0.5) is 0 Å². The molecule has 19 heteroatoms. The fourth-order valence-corrected chi connectivity index (χ4v) is 9.04. The number of carbonyl (C=O) groups excluding carboxylic acids is 4. The molecule has 0 amide bonds. The zero-order valence-electron chi connectivity index (χ0n) is 44.8. The molecule has 0 spiro atoms. The zero-order valence-corrected chi connectivity index (χ0v) is 46.6. The summed E-state index contributed by atoms with van der Waals surface area (Å²) >= 11 is 0. The van der Waals surface area contributed by atoms with Crippen molar-refractivity contribution in [3.8, 4) is 0 Å². The lowest BCUT2D eigenvalue weighted by Crippen LogP contribution is -2.30. The van der Waals surface area contributed by atoms with Gasteiger partial charge in [-0.1, -0.05) is 195 Å². The Kier molecular flexibility index (Phi) is 45.3. The molecular weight excluding hydrogens is 959 g/mol. The number of aliphatic hydroxyl groups excluding tert-OH is 1. The van der Waals surface area contributed by atoms with E-state index in [0.717, 1.165) is 102 Å². The minimum atomic E-state index is -4.93. The van der Waals surface area contributed by atoms with Crippen LogP contribution in [0.3, 0.4) is 0 Å². The molecule has 0 fully saturated rings. The predicted octanol–water partition coefficient (Wildman–Crippen LogP) is 13.1. The Balaban J connectivity index is 5.15. The Bertz CT molecular complexity index is 1420. The van der Waals surface area contributed by atoms with E-state index in [4.69, 9.17) is 37.0 Å². The molecule has 0 aliphatic heterocycles. The summed E-state index contributed by atoms with van der Waals surface area (Å²) in [5, 5.41) is 10.4. The second-order valence-electron chi connectivity index (χ2n) is 19.4. The largest absolute Gasteiger partial charge is 0.472 e. The fourth-order valence-electron chi connectivity index (χ4n) is 7.46. The first-order valence-corrected chi connectivity index (χ1v) is 30.6. The van der Waals surface area contributed by atoms with Gasteiger partial charge in [0.05, 0.1) is 26.4 Å². The summed E-state index contributed by atoms with van der Waals surface area (Å²) in [6.07, 6.45) is 26.0. The maximum Gasteiger partial charge on any atom is 0.472 e. The van der Waals surface area contributed by atoms with Crippen molar-refractivity contribution in [1.29, 1.82) is 0 Å². The van der Waals surface area contributed by atoms with Crippen molar-refractivity contribution < 1.29 is 80.2 Å². The zero-order chi connectivity index (χ0) is 52.9. The normalized spacial score (nSPS) is 14.6. The molecule has 0 aromatic heterocycles. The average Bonchev–Trinajstić information content (AvgIpc) is 3.32. The summed E-state index contributed by atoms with van der Waals surface area (Å²) in [5.74, 6) is -1.46. The van der Waals surface area contributed by atoms with E-state index in [1.54, 1.807) is 0 Å². The van der Waals surface area contributed by atoms with Gasteiger partial charge in [-0.25, -0.2) is 9.13 Å². The molecule has 2 unspecified atom stereocenters. The summed E-state index contributed by atoms with van der Waals surface area (Å²) in [6.45, 7) is 6.86. The molecule has 0 saturated carbocycles. The van der Waals surface area contributed by atoms with Crippen molar-refractivity contribution in [2.45, 2.75) is 265 Å². The molecule has 0 aliphatic rings. The highest BCUT2D eigenvalue weighted by atomic mass is 31.2. The van der Waals surface area contributed by atoms with Gasteiger partial charge in [0.15, 0.2) is 12.2 Å². The Morgan fingerprint density at radius 1 is 0.380 bits per heavy atom. The van der Waals surface area contributed by atoms with Gasteiger partial charge in [0.2, 0.25) is 0 Å². The number of carbonyl (C=O) groups is 4. The Hall–Kier alpha value is -1.94. The van der Waals surface area contributed by atoms with Gasteiger partial charge >= 0.3 is 39.5 Å². The van der Waals surface area contributed by atoms with Gasteiger partial charge < -0.3 is 33.8 Å². The summed E-state index contributed by atoms with van der Waals surface area (Å²) < 4.78 is 67.0. The van der Waals surface area contributed by atoms with Crippen molar-refractivity contribution >= 4 is 39.5 Å². The molecule has 0 heterocycles. The van der Waals surface area contributed by atoms with Crippen molar-refractivity contribution in [1.82, 2.24) is 0 Å². The molecule has 0 aromatic rings. The molecule has 17 nitrogen and oxygen atoms in total. The molecule has 5 atom stereocenters. The van der Waals surface area contributed by atoms with E-state index in [1.165, 1.54) is 64.2 Å². The third-order valence-corrected chi connectivity index (χ3v) is 13.7. The summed E-state index contributed by atoms with van der Waals surface area (Å²) in [5.41, 5.74) is 0.